The number of nitrogens with zero attached hydrogens (tertiary/aromatic N) is 1. The van der Waals surface area contributed by atoms with Crippen LogP contribution in [0.3, 0.4) is 0 Å². The Balaban J connectivity index is 2.14. The molecule has 0 bridgehead atoms. The maximum absolute atomic E-state index is 10.8. The molecular formula is C8H14ClNO3. The third kappa shape index (κ3) is 3.40. The number of likely N-dealkylation sites (tertiary alicyclic amines) is 1. The summed E-state index contributed by atoms with van der Waals surface area (Å²) in [6.07, 6.45) is 1.55. The van der Waals surface area contributed by atoms with Crippen LogP contribution in [0.15, 0.2) is 0 Å². The first-order chi connectivity index (χ1) is 6.24. The van der Waals surface area contributed by atoms with Gasteiger partial charge in [0.25, 0.3) is 0 Å². The molecule has 0 unspecified atom stereocenters. The van der Waals surface area contributed by atoms with Gasteiger partial charge in [-0.05, 0) is 26.4 Å². The topological polar surface area (TPSA) is 38.8 Å². The molecule has 0 spiro atoms. The van der Waals surface area contributed by atoms with Crippen molar-refractivity contribution in [3.63, 3.8) is 0 Å². The normalized spacial score (nSPS) is 23.1. The van der Waals surface area contributed by atoms with E-state index < -0.39 is 6.16 Å². The minimum Gasteiger partial charge on any atom is -0.433 e. The molecule has 4 nitrogen and oxygen atoms in total. The predicted octanol–water partition coefficient (Wildman–Crippen LogP) is 1.43. The number of hydrogen-bond donors (Lipinski definition) is 0. The number of carbonyl (C=O) groups is 1. The highest BCUT2D eigenvalue weighted by Crippen LogP contribution is 2.14. The molecule has 13 heavy (non-hydrogen) atoms. The molecule has 5 heteroatoms. The molecule has 1 fully saturated rings. The van der Waals surface area contributed by atoms with Crippen LogP contribution < -0.4 is 0 Å². The van der Waals surface area contributed by atoms with Crippen molar-refractivity contribution in [2.24, 2.45) is 0 Å². The highest BCUT2D eigenvalue weighted by molar-refractivity contribution is 6.17. The Bertz CT molecular complexity index is 177. The van der Waals surface area contributed by atoms with Crippen molar-refractivity contribution in [3.05, 3.63) is 0 Å². The summed E-state index contributed by atoms with van der Waals surface area (Å²) in [7, 11) is 2.02. The summed E-state index contributed by atoms with van der Waals surface area (Å²) in [4.78, 5) is 12.9. The lowest BCUT2D eigenvalue weighted by Crippen LogP contribution is -2.30. The van der Waals surface area contributed by atoms with E-state index >= 15 is 0 Å². The minimum atomic E-state index is -0.685. The van der Waals surface area contributed by atoms with E-state index in [1.54, 1.807) is 0 Å². The Hall–Kier alpha value is -0.480. The maximum Gasteiger partial charge on any atom is 0.509 e. The summed E-state index contributed by atoms with van der Waals surface area (Å²) in [5, 5.41) is 0. The molecular weight excluding hydrogens is 194 g/mol. The predicted molar refractivity (Wildman–Crippen MR) is 48.8 cm³/mol. The number of carbonyl (C=O) groups excluding carboxylic acids is 1. The lowest BCUT2D eigenvalue weighted by atomic mass is 10.2. The number of alkyl halides is 1. The molecule has 1 aliphatic heterocycles. The average Bonchev–Trinajstić information content (AvgIpc) is 2.48. The fourth-order valence-electron chi connectivity index (χ4n) is 1.44. The van der Waals surface area contributed by atoms with E-state index in [2.05, 4.69) is 9.64 Å². The Kier molecular flexibility index (Phi) is 4.32. The first-order valence-corrected chi connectivity index (χ1v) is 4.83. The number of halogens is 1. The molecule has 0 aromatic heterocycles. The van der Waals surface area contributed by atoms with Gasteiger partial charge in [-0.25, -0.2) is 4.79 Å². The van der Waals surface area contributed by atoms with E-state index in [-0.39, 0.29) is 6.07 Å². The van der Waals surface area contributed by atoms with Gasteiger partial charge >= 0.3 is 6.16 Å². The van der Waals surface area contributed by atoms with Crippen molar-refractivity contribution in [1.29, 1.82) is 0 Å². The fourth-order valence-corrected chi connectivity index (χ4v) is 1.53. The summed E-state index contributed by atoms with van der Waals surface area (Å²) in [6.45, 7) is 1.46. The minimum absolute atomic E-state index is 0.153. The van der Waals surface area contributed by atoms with E-state index in [0.717, 1.165) is 19.4 Å². The third-order valence-electron chi connectivity index (χ3n) is 2.24. The quantitative estimate of drug-likeness (QED) is 0.519. The van der Waals surface area contributed by atoms with Gasteiger partial charge in [0.2, 0.25) is 0 Å². The molecule has 0 aromatic rings. The van der Waals surface area contributed by atoms with E-state index in [1.807, 2.05) is 7.05 Å². The SMILES string of the molecule is CN1CCC[C@@H]1COC(=O)OCCl. The lowest BCUT2D eigenvalue weighted by Gasteiger charge is -2.18. The smallest absolute Gasteiger partial charge is 0.433 e. The molecule has 0 aliphatic carbocycles. The molecule has 0 amide bonds. The molecule has 1 aliphatic rings. The largest absolute Gasteiger partial charge is 0.509 e. The Morgan fingerprint density at radius 3 is 2.92 bits per heavy atom. The van der Waals surface area contributed by atoms with Crippen LogP contribution in [0.2, 0.25) is 0 Å². The first-order valence-electron chi connectivity index (χ1n) is 4.30. The van der Waals surface area contributed by atoms with Crippen LogP contribution in [0.25, 0.3) is 0 Å². The molecule has 1 heterocycles. The number of ether oxygens (including phenoxy) is 2. The Morgan fingerprint density at radius 2 is 2.38 bits per heavy atom. The van der Waals surface area contributed by atoms with Crippen LogP contribution in [0.1, 0.15) is 12.8 Å². The maximum atomic E-state index is 10.8. The molecule has 76 valence electrons. The van der Waals surface area contributed by atoms with Crippen molar-refractivity contribution in [2.45, 2.75) is 18.9 Å². The van der Waals surface area contributed by atoms with Gasteiger partial charge in [0, 0.05) is 6.04 Å². The average molecular weight is 208 g/mol. The van der Waals surface area contributed by atoms with E-state index in [4.69, 9.17) is 16.3 Å². The van der Waals surface area contributed by atoms with Crippen molar-refractivity contribution in [2.75, 3.05) is 26.3 Å². The second kappa shape index (κ2) is 5.29. The van der Waals surface area contributed by atoms with Crippen molar-refractivity contribution < 1.29 is 14.3 Å². The van der Waals surface area contributed by atoms with Crippen molar-refractivity contribution >= 4 is 17.8 Å². The van der Waals surface area contributed by atoms with Crippen LogP contribution >= 0.6 is 11.6 Å². The van der Waals surface area contributed by atoms with E-state index in [0.29, 0.717) is 12.6 Å². The monoisotopic (exact) mass is 207 g/mol. The number of hydrogen-bond acceptors (Lipinski definition) is 4. The summed E-state index contributed by atoms with van der Waals surface area (Å²) in [5.74, 6) is 0. The van der Waals surface area contributed by atoms with Crippen LogP contribution in [-0.4, -0.2) is 43.4 Å². The van der Waals surface area contributed by atoms with Gasteiger partial charge in [0.1, 0.15) is 6.61 Å². The van der Waals surface area contributed by atoms with Crippen LogP contribution in [0, 0.1) is 0 Å². The van der Waals surface area contributed by atoms with Gasteiger partial charge in [-0.3, -0.25) is 0 Å². The summed E-state index contributed by atoms with van der Waals surface area (Å²) >= 11 is 5.19. The molecule has 0 saturated carbocycles. The highest BCUT2D eigenvalue weighted by atomic mass is 35.5. The molecule has 1 rings (SSSR count). The highest BCUT2D eigenvalue weighted by Gasteiger charge is 2.22. The zero-order valence-corrected chi connectivity index (χ0v) is 8.42. The second-order valence-electron chi connectivity index (χ2n) is 3.09. The fraction of sp³-hybridized carbons (Fsp3) is 0.875. The van der Waals surface area contributed by atoms with Gasteiger partial charge in [-0.2, -0.15) is 0 Å². The Labute approximate surface area is 82.7 Å². The summed E-state index contributed by atoms with van der Waals surface area (Å²) in [5.41, 5.74) is 0. The van der Waals surface area contributed by atoms with E-state index in [1.165, 1.54) is 0 Å². The summed E-state index contributed by atoms with van der Waals surface area (Å²) in [6, 6.07) is 0.183. The van der Waals surface area contributed by atoms with Crippen molar-refractivity contribution in [1.82, 2.24) is 4.90 Å². The molecule has 0 aromatic carbocycles. The van der Waals surface area contributed by atoms with Gasteiger partial charge in [0.15, 0.2) is 6.07 Å². The summed E-state index contributed by atoms with van der Waals surface area (Å²) < 4.78 is 9.27. The van der Waals surface area contributed by atoms with Gasteiger partial charge < -0.3 is 14.4 Å². The van der Waals surface area contributed by atoms with Gasteiger partial charge in [-0.15, -0.1) is 0 Å². The van der Waals surface area contributed by atoms with Gasteiger partial charge in [0.05, 0.1) is 0 Å². The van der Waals surface area contributed by atoms with Crippen LogP contribution in [0.4, 0.5) is 4.79 Å². The van der Waals surface area contributed by atoms with Crippen LogP contribution in [0.5, 0.6) is 0 Å². The third-order valence-corrected chi connectivity index (χ3v) is 2.35. The zero-order chi connectivity index (χ0) is 9.68. The second-order valence-corrected chi connectivity index (χ2v) is 3.31. The molecule has 0 radical (unpaired) electrons. The molecule has 0 N–H and O–H groups in total. The lowest BCUT2D eigenvalue weighted by molar-refractivity contribution is 0.0512. The Morgan fingerprint density at radius 1 is 1.62 bits per heavy atom. The molecule has 1 saturated heterocycles. The first kappa shape index (κ1) is 10.6. The standard InChI is InChI=1S/C8H14ClNO3/c1-10-4-2-3-7(10)5-12-8(11)13-6-9/h7H,2-6H2,1H3/t7-/m1/s1. The van der Waals surface area contributed by atoms with Gasteiger partial charge in [-0.1, -0.05) is 11.6 Å². The number of rotatable bonds is 3. The zero-order valence-electron chi connectivity index (χ0n) is 7.66. The number of likely N-dealkylation sites (N-methyl/N-ethyl adjacent to an activating group) is 1. The van der Waals surface area contributed by atoms with E-state index in [9.17, 15) is 4.79 Å². The van der Waals surface area contributed by atoms with Crippen LogP contribution in [-0.2, 0) is 9.47 Å². The van der Waals surface area contributed by atoms with Crippen molar-refractivity contribution in [3.8, 4) is 0 Å². The molecule has 1 atom stereocenters.